The number of rotatable bonds is 5. The van der Waals surface area contributed by atoms with Crippen LogP contribution in [0.5, 0.6) is 0 Å². The van der Waals surface area contributed by atoms with Gasteiger partial charge in [0.05, 0.1) is 17.1 Å². The summed E-state index contributed by atoms with van der Waals surface area (Å²) in [6.07, 6.45) is 1.38. The molecule has 9 heteroatoms. The van der Waals surface area contributed by atoms with Crippen LogP contribution in [0.3, 0.4) is 0 Å². The highest BCUT2D eigenvalue weighted by Crippen LogP contribution is 2.32. The van der Waals surface area contributed by atoms with Crippen molar-refractivity contribution in [1.82, 2.24) is 10.2 Å². The molecule has 2 fully saturated rings. The van der Waals surface area contributed by atoms with Gasteiger partial charge in [-0.05, 0) is 23.8 Å². The Morgan fingerprint density at radius 1 is 1.46 bits per heavy atom. The fourth-order valence-electron chi connectivity index (χ4n) is 2.61. The number of thiocarbonyl (C=S) groups is 1. The summed E-state index contributed by atoms with van der Waals surface area (Å²) in [5, 5.41) is 13.2. The number of nitrogens with one attached hydrogen (secondary N) is 1. The van der Waals surface area contributed by atoms with Gasteiger partial charge in [-0.15, -0.1) is 0 Å². The van der Waals surface area contributed by atoms with Crippen LogP contribution in [0.2, 0.25) is 5.02 Å². The van der Waals surface area contributed by atoms with Crippen molar-refractivity contribution in [2.24, 2.45) is 0 Å². The monoisotopic (exact) mass is 428 g/mol. The number of carbonyl (C=O) groups excluding carboxylic acids is 2. The molecule has 0 aromatic heterocycles. The van der Waals surface area contributed by atoms with Crippen LogP contribution >= 0.6 is 47.3 Å². The van der Waals surface area contributed by atoms with E-state index in [1.807, 2.05) is 12.1 Å². The van der Waals surface area contributed by atoms with Crippen LogP contribution in [0.25, 0.3) is 6.08 Å². The summed E-state index contributed by atoms with van der Waals surface area (Å²) in [6.45, 7) is 0.222. The number of hydrogen-bond donors (Lipinski definition) is 2. The van der Waals surface area contributed by atoms with E-state index in [-0.39, 0.29) is 30.8 Å². The smallest absolute Gasteiger partial charge is 0.266 e. The lowest BCUT2D eigenvalue weighted by Gasteiger charge is -2.18. The molecule has 2 heterocycles. The van der Waals surface area contributed by atoms with Crippen LogP contribution < -0.4 is 5.32 Å². The summed E-state index contributed by atoms with van der Waals surface area (Å²) in [7, 11) is 0. The third kappa shape index (κ3) is 4.80. The molecule has 0 saturated carbocycles. The van der Waals surface area contributed by atoms with Gasteiger partial charge in [0.15, 0.2) is 0 Å². The van der Waals surface area contributed by atoms with Gasteiger partial charge in [-0.25, -0.2) is 0 Å². The van der Waals surface area contributed by atoms with Gasteiger partial charge in [-0.1, -0.05) is 47.7 Å². The maximum atomic E-state index is 12.6. The van der Waals surface area contributed by atoms with Crippen LogP contribution in [-0.2, 0) is 9.59 Å². The van der Waals surface area contributed by atoms with E-state index in [0.29, 0.717) is 25.8 Å². The van der Waals surface area contributed by atoms with Crippen molar-refractivity contribution >= 4 is 69.6 Å². The largest absolute Gasteiger partial charge is 0.390 e. The molecule has 2 N–H and O–H groups in total. The predicted octanol–water partition coefficient (Wildman–Crippen LogP) is 2.52. The van der Waals surface area contributed by atoms with Crippen LogP contribution in [0.15, 0.2) is 29.2 Å². The summed E-state index contributed by atoms with van der Waals surface area (Å²) in [4.78, 5) is 26.6. The van der Waals surface area contributed by atoms with E-state index in [0.717, 1.165) is 5.56 Å². The minimum Gasteiger partial charge on any atom is -0.390 e. The molecule has 138 valence electrons. The van der Waals surface area contributed by atoms with Gasteiger partial charge in [0.2, 0.25) is 5.91 Å². The summed E-state index contributed by atoms with van der Waals surface area (Å²) < 4.78 is 0.438. The van der Waals surface area contributed by atoms with E-state index in [4.69, 9.17) is 23.8 Å². The number of amides is 2. The Labute approximate surface area is 170 Å². The second-order valence-corrected chi connectivity index (χ2v) is 9.10. The van der Waals surface area contributed by atoms with E-state index in [1.54, 1.807) is 30.0 Å². The molecule has 2 saturated heterocycles. The predicted molar refractivity (Wildman–Crippen MR) is 111 cm³/mol. The second kappa shape index (κ2) is 8.75. The Morgan fingerprint density at radius 3 is 2.96 bits per heavy atom. The lowest BCUT2D eigenvalue weighted by atomic mass is 10.2. The van der Waals surface area contributed by atoms with Crippen molar-refractivity contribution in [1.29, 1.82) is 0 Å². The fraction of sp³-hybridized carbons (Fsp3) is 0.353. The zero-order valence-corrected chi connectivity index (χ0v) is 16.9. The Morgan fingerprint density at radius 2 is 2.27 bits per heavy atom. The van der Waals surface area contributed by atoms with E-state index in [1.165, 1.54) is 16.7 Å². The molecule has 0 spiro atoms. The maximum absolute atomic E-state index is 12.6. The molecule has 3 rings (SSSR count). The Hall–Kier alpha value is -1.06. The molecule has 0 bridgehead atoms. The first-order chi connectivity index (χ1) is 12.4. The van der Waals surface area contributed by atoms with Gasteiger partial charge in [0.1, 0.15) is 4.32 Å². The molecule has 2 aliphatic heterocycles. The topological polar surface area (TPSA) is 69.6 Å². The van der Waals surface area contributed by atoms with Gasteiger partial charge in [0, 0.05) is 29.5 Å². The number of benzene rings is 1. The average molecular weight is 429 g/mol. The molecule has 5 nitrogen and oxygen atoms in total. The standard InChI is InChI=1S/C17H17ClN2O3S3/c18-11-3-1-2-10(6-11)7-14-16(23)20(17(24)26-14)5-4-15(22)19-12-8-25-9-13(12)21/h1-3,6-7,12-13,21H,4-5,8-9H2,(H,19,22)/b14-7-/t12-,13+/m1/s1. The molecular weight excluding hydrogens is 412 g/mol. The van der Waals surface area contributed by atoms with Crippen molar-refractivity contribution in [3.8, 4) is 0 Å². The number of carbonyl (C=O) groups is 2. The zero-order valence-electron chi connectivity index (χ0n) is 13.7. The minimum absolute atomic E-state index is 0.144. The second-order valence-electron chi connectivity index (χ2n) is 5.92. The van der Waals surface area contributed by atoms with E-state index in [2.05, 4.69) is 5.32 Å². The van der Waals surface area contributed by atoms with Crippen molar-refractivity contribution in [3.05, 3.63) is 39.8 Å². The van der Waals surface area contributed by atoms with Gasteiger partial charge in [-0.2, -0.15) is 11.8 Å². The van der Waals surface area contributed by atoms with Crippen molar-refractivity contribution in [2.45, 2.75) is 18.6 Å². The van der Waals surface area contributed by atoms with Crippen LogP contribution in [0.1, 0.15) is 12.0 Å². The van der Waals surface area contributed by atoms with Crippen LogP contribution in [-0.4, -0.2) is 56.3 Å². The molecule has 1 aromatic carbocycles. The van der Waals surface area contributed by atoms with E-state index < -0.39 is 6.10 Å². The maximum Gasteiger partial charge on any atom is 0.266 e. The van der Waals surface area contributed by atoms with E-state index >= 15 is 0 Å². The van der Waals surface area contributed by atoms with Gasteiger partial charge in [0.25, 0.3) is 5.91 Å². The Balaban J connectivity index is 1.58. The molecule has 0 radical (unpaired) electrons. The highest BCUT2D eigenvalue weighted by molar-refractivity contribution is 8.26. The Bertz CT molecular complexity index is 771. The fourth-order valence-corrected chi connectivity index (χ4v) is 5.29. The Kier molecular flexibility index (Phi) is 6.63. The van der Waals surface area contributed by atoms with E-state index in [9.17, 15) is 14.7 Å². The van der Waals surface area contributed by atoms with Gasteiger partial charge < -0.3 is 10.4 Å². The normalized spacial score (nSPS) is 24.5. The first-order valence-corrected chi connectivity index (χ1v) is 10.8. The summed E-state index contributed by atoms with van der Waals surface area (Å²) in [5.41, 5.74) is 0.823. The van der Waals surface area contributed by atoms with Crippen molar-refractivity contribution < 1.29 is 14.7 Å². The summed E-state index contributed by atoms with van der Waals surface area (Å²) >= 11 is 14.1. The average Bonchev–Trinajstić information content (AvgIpc) is 3.10. The summed E-state index contributed by atoms with van der Waals surface area (Å²) in [6, 6.07) is 6.99. The lowest BCUT2D eigenvalue weighted by Crippen LogP contribution is -2.43. The molecular formula is C17H17ClN2O3S3. The molecule has 0 unspecified atom stereocenters. The SMILES string of the molecule is O=C(CCN1C(=O)/C(=C/c2cccc(Cl)c2)SC1=S)N[C@@H]1CSC[C@@H]1O. The molecule has 26 heavy (non-hydrogen) atoms. The third-order valence-corrected chi connectivity index (χ3v) is 6.76. The first-order valence-electron chi connectivity index (χ1n) is 8.00. The number of aliphatic hydroxyl groups is 1. The minimum atomic E-state index is -0.513. The van der Waals surface area contributed by atoms with Gasteiger partial charge in [-0.3, -0.25) is 14.5 Å². The van der Waals surface area contributed by atoms with Gasteiger partial charge >= 0.3 is 0 Å². The molecule has 1 aromatic rings. The number of thioether (sulfide) groups is 2. The zero-order chi connectivity index (χ0) is 18.7. The summed E-state index contributed by atoms with van der Waals surface area (Å²) in [5.74, 6) is 0.943. The lowest BCUT2D eigenvalue weighted by molar-refractivity contribution is -0.124. The number of halogens is 1. The number of hydrogen-bond acceptors (Lipinski definition) is 6. The van der Waals surface area contributed by atoms with Crippen molar-refractivity contribution in [3.63, 3.8) is 0 Å². The molecule has 2 atom stereocenters. The molecule has 2 aliphatic rings. The molecule has 0 aliphatic carbocycles. The number of aliphatic hydroxyl groups excluding tert-OH is 1. The highest BCUT2D eigenvalue weighted by atomic mass is 35.5. The highest BCUT2D eigenvalue weighted by Gasteiger charge is 2.33. The number of nitrogens with zero attached hydrogens (tertiary/aromatic N) is 1. The molecule has 2 amide bonds. The van der Waals surface area contributed by atoms with Crippen molar-refractivity contribution in [2.75, 3.05) is 18.1 Å². The van der Waals surface area contributed by atoms with Crippen LogP contribution in [0, 0.1) is 0 Å². The third-order valence-electron chi connectivity index (χ3n) is 3.98. The first kappa shape index (κ1) is 19.7. The van der Waals surface area contributed by atoms with Crippen LogP contribution in [0.4, 0.5) is 0 Å². The quantitative estimate of drug-likeness (QED) is 0.554.